The van der Waals surface area contributed by atoms with Crippen LogP contribution in [-0.4, -0.2) is 10.8 Å². The van der Waals surface area contributed by atoms with Crippen molar-refractivity contribution in [3.05, 3.63) is 29.6 Å². The molecule has 2 rings (SSSR count). The lowest BCUT2D eigenvalue weighted by Gasteiger charge is -1.93. The summed E-state index contributed by atoms with van der Waals surface area (Å²) in [5, 5.41) is 0. The van der Waals surface area contributed by atoms with Crippen LogP contribution in [0.5, 0.6) is 0 Å². The summed E-state index contributed by atoms with van der Waals surface area (Å²) in [5.74, 6) is 0.565. The molecule has 1 aromatic rings. The second-order valence-corrected chi connectivity index (χ2v) is 2.21. The molecular weight excluding hydrogens is 126 g/mol. The smallest absolute Gasteiger partial charge is 0.145 e. The third-order valence-corrected chi connectivity index (χ3v) is 1.55. The standard InChI is InChI=1S/C7H7N3/c8-7-6-5(4-10-7)2-1-3-9-6/h1-3H,4H2,(H2,8,10). The minimum atomic E-state index is 0.565. The molecule has 3 heteroatoms. The minimum absolute atomic E-state index is 0.565. The van der Waals surface area contributed by atoms with Crippen molar-refractivity contribution < 1.29 is 0 Å². The van der Waals surface area contributed by atoms with Crippen molar-refractivity contribution in [3.63, 3.8) is 0 Å². The summed E-state index contributed by atoms with van der Waals surface area (Å²) < 4.78 is 0. The van der Waals surface area contributed by atoms with E-state index in [-0.39, 0.29) is 0 Å². The summed E-state index contributed by atoms with van der Waals surface area (Å²) in [4.78, 5) is 8.12. The van der Waals surface area contributed by atoms with Gasteiger partial charge in [-0.15, -0.1) is 0 Å². The molecule has 0 saturated carbocycles. The van der Waals surface area contributed by atoms with Gasteiger partial charge in [0, 0.05) is 11.8 Å². The maximum atomic E-state index is 5.53. The summed E-state index contributed by atoms with van der Waals surface area (Å²) >= 11 is 0. The van der Waals surface area contributed by atoms with Crippen LogP contribution >= 0.6 is 0 Å². The number of fused-ring (bicyclic) bond motifs is 1. The average molecular weight is 133 g/mol. The van der Waals surface area contributed by atoms with Gasteiger partial charge in [0.05, 0.1) is 6.54 Å². The molecule has 0 spiro atoms. The minimum Gasteiger partial charge on any atom is -0.382 e. The Morgan fingerprint density at radius 2 is 2.40 bits per heavy atom. The predicted octanol–water partition coefficient (Wildman–Crippen LogP) is 0.301. The third kappa shape index (κ3) is 0.603. The Kier molecular flexibility index (Phi) is 0.974. The number of pyridine rings is 1. The van der Waals surface area contributed by atoms with Crippen LogP contribution < -0.4 is 5.73 Å². The fourth-order valence-electron chi connectivity index (χ4n) is 1.04. The monoisotopic (exact) mass is 133 g/mol. The van der Waals surface area contributed by atoms with Crippen LogP contribution in [0.2, 0.25) is 0 Å². The Bertz CT molecular complexity index is 291. The van der Waals surface area contributed by atoms with E-state index in [2.05, 4.69) is 9.98 Å². The van der Waals surface area contributed by atoms with Crippen LogP contribution in [0.25, 0.3) is 0 Å². The van der Waals surface area contributed by atoms with Gasteiger partial charge in [-0.2, -0.15) is 0 Å². The molecule has 0 radical (unpaired) electrons. The molecule has 0 bridgehead atoms. The second kappa shape index (κ2) is 1.80. The van der Waals surface area contributed by atoms with Crippen molar-refractivity contribution in [1.29, 1.82) is 0 Å². The molecule has 50 valence electrons. The van der Waals surface area contributed by atoms with Gasteiger partial charge in [-0.3, -0.25) is 9.98 Å². The molecule has 0 unspecified atom stereocenters. The number of hydrogen-bond donors (Lipinski definition) is 1. The zero-order chi connectivity index (χ0) is 6.97. The summed E-state index contributed by atoms with van der Waals surface area (Å²) in [6.07, 6.45) is 1.73. The molecule has 0 fully saturated rings. The zero-order valence-corrected chi connectivity index (χ0v) is 5.41. The van der Waals surface area contributed by atoms with E-state index in [4.69, 9.17) is 5.73 Å². The highest BCUT2D eigenvalue weighted by Crippen LogP contribution is 2.12. The van der Waals surface area contributed by atoms with Gasteiger partial charge in [0.2, 0.25) is 0 Å². The van der Waals surface area contributed by atoms with E-state index < -0.39 is 0 Å². The number of aliphatic imine (C=N–C) groups is 1. The van der Waals surface area contributed by atoms with E-state index in [0.717, 1.165) is 11.3 Å². The first-order valence-corrected chi connectivity index (χ1v) is 3.12. The Morgan fingerprint density at radius 1 is 1.50 bits per heavy atom. The molecule has 0 amide bonds. The second-order valence-electron chi connectivity index (χ2n) is 2.21. The van der Waals surface area contributed by atoms with Crippen molar-refractivity contribution in [2.24, 2.45) is 10.7 Å². The maximum Gasteiger partial charge on any atom is 0.145 e. The van der Waals surface area contributed by atoms with Gasteiger partial charge in [0.25, 0.3) is 0 Å². The highest BCUT2D eigenvalue weighted by Gasteiger charge is 2.11. The first-order chi connectivity index (χ1) is 4.88. The SMILES string of the molecule is NC1=NCc2cccnc21. The Morgan fingerprint density at radius 3 is 3.20 bits per heavy atom. The maximum absolute atomic E-state index is 5.53. The van der Waals surface area contributed by atoms with Crippen molar-refractivity contribution in [2.45, 2.75) is 6.54 Å². The molecule has 2 N–H and O–H groups in total. The molecule has 1 aliphatic heterocycles. The van der Waals surface area contributed by atoms with E-state index in [0.29, 0.717) is 12.4 Å². The van der Waals surface area contributed by atoms with Gasteiger partial charge in [-0.05, 0) is 6.07 Å². The van der Waals surface area contributed by atoms with Crippen LogP contribution in [0.1, 0.15) is 11.3 Å². The molecule has 0 aromatic carbocycles. The molecule has 10 heavy (non-hydrogen) atoms. The molecular formula is C7H7N3. The van der Waals surface area contributed by atoms with E-state index in [1.807, 2.05) is 12.1 Å². The Balaban J connectivity index is 2.61. The third-order valence-electron chi connectivity index (χ3n) is 1.55. The molecule has 0 saturated heterocycles. The van der Waals surface area contributed by atoms with Crippen LogP contribution in [0.4, 0.5) is 0 Å². The van der Waals surface area contributed by atoms with Crippen molar-refractivity contribution in [3.8, 4) is 0 Å². The average Bonchev–Trinajstić information content (AvgIpc) is 2.34. The summed E-state index contributed by atoms with van der Waals surface area (Å²) in [6.45, 7) is 0.689. The largest absolute Gasteiger partial charge is 0.382 e. The summed E-state index contributed by atoms with van der Waals surface area (Å²) in [5.41, 5.74) is 7.51. The molecule has 2 heterocycles. The van der Waals surface area contributed by atoms with Crippen LogP contribution in [-0.2, 0) is 6.54 Å². The Hall–Kier alpha value is -1.38. The van der Waals surface area contributed by atoms with Crippen LogP contribution in [0, 0.1) is 0 Å². The van der Waals surface area contributed by atoms with Gasteiger partial charge < -0.3 is 5.73 Å². The number of nitrogens with zero attached hydrogens (tertiary/aromatic N) is 2. The molecule has 1 aliphatic rings. The fourth-order valence-corrected chi connectivity index (χ4v) is 1.04. The zero-order valence-electron chi connectivity index (χ0n) is 5.41. The number of aromatic nitrogens is 1. The lowest BCUT2D eigenvalue weighted by atomic mass is 10.2. The van der Waals surface area contributed by atoms with Gasteiger partial charge in [-0.1, -0.05) is 6.07 Å². The van der Waals surface area contributed by atoms with Crippen molar-refractivity contribution >= 4 is 5.84 Å². The van der Waals surface area contributed by atoms with E-state index in [9.17, 15) is 0 Å². The number of rotatable bonds is 0. The fraction of sp³-hybridized carbons (Fsp3) is 0.143. The van der Waals surface area contributed by atoms with Gasteiger partial charge in [-0.25, -0.2) is 0 Å². The topological polar surface area (TPSA) is 51.3 Å². The lowest BCUT2D eigenvalue weighted by molar-refractivity contribution is 1.09. The number of hydrogen-bond acceptors (Lipinski definition) is 3. The van der Waals surface area contributed by atoms with Crippen molar-refractivity contribution in [1.82, 2.24) is 4.98 Å². The first-order valence-electron chi connectivity index (χ1n) is 3.12. The normalized spacial score (nSPS) is 14.6. The van der Waals surface area contributed by atoms with Crippen LogP contribution in [0.3, 0.4) is 0 Å². The van der Waals surface area contributed by atoms with Gasteiger partial charge >= 0.3 is 0 Å². The van der Waals surface area contributed by atoms with Gasteiger partial charge in [0.15, 0.2) is 0 Å². The van der Waals surface area contributed by atoms with Gasteiger partial charge in [0.1, 0.15) is 11.5 Å². The highest BCUT2D eigenvalue weighted by atomic mass is 14.9. The van der Waals surface area contributed by atoms with Crippen molar-refractivity contribution in [2.75, 3.05) is 0 Å². The number of amidine groups is 1. The molecule has 0 aliphatic carbocycles. The first kappa shape index (κ1) is 5.41. The van der Waals surface area contributed by atoms with E-state index in [1.54, 1.807) is 6.20 Å². The molecule has 3 nitrogen and oxygen atoms in total. The lowest BCUT2D eigenvalue weighted by Crippen LogP contribution is -2.11. The van der Waals surface area contributed by atoms with E-state index in [1.165, 1.54) is 0 Å². The molecule has 1 aromatic heterocycles. The molecule has 0 atom stereocenters. The van der Waals surface area contributed by atoms with Crippen LogP contribution in [0.15, 0.2) is 23.3 Å². The quantitative estimate of drug-likeness (QED) is 0.553. The highest BCUT2D eigenvalue weighted by molar-refractivity contribution is 5.98. The Labute approximate surface area is 58.6 Å². The summed E-state index contributed by atoms with van der Waals surface area (Å²) in [6, 6.07) is 3.89. The van der Waals surface area contributed by atoms with E-state index >= 15 is 0 Å². The summed E-state index contributed by atoms with van der Waals surface area (Å²) in [7, 11) is 0. The predicted molar refractivity (Wildman–Crippen MR) is 38.7 cm³/mol. The number of nitrogens with two attached hydrogens (primary N) is 1.